The summed E-state index contributed by atoms with van der Waals surface area (Å²) in [7, 11) is 3.36. The fourth-order valence-corrected chi connectivity index (χ4v) is 2.42. The number of carbonyl (C=O) groups excluding carboxylic acids is 2. The summed E-state index contributed by atoms with van der Waals surface area (Å²) in [5.41, 5.74) is 5.93. The Labute approximate surface area is 109 Å². The van der Waals surface area contributed by atoms with Crippen LogP contribution in [0.2, 0.25) is 0 Å². The van der Waals surface area contributed by atoms with Gasteiger partial charge in [-0.25, -0.2) is 0 Å². The van der Waals surface area contributed by atoms with Crippen LogP contribution in [-0.2, 0) is 9.59 Å². The van der Waals surface area contributed by atoms with E-state index in [1.165, 1.54) is 4.90 Å². The average molecular weight is 255 g/mol. The lowest BCUT2D eigenvalue weighted by Gasteiger charge is -2.30. The first-order valence-electron chi connectivity index (χ1n) is 6.65. The Morgan fingerprint density at radius 2 is 2.06 bits per heavy atom. The zero-order chi connectivity index (χ0) is 13.7. The van der Waals surface area contributed by atoms with E-state index in [4.69, 9.17) is 5.73 Å². The van der Waals surface area contributed by atoms with Gasteiger partial charge < -0.3 is 16.0 Å². The molecule has 0 heterocycles. The molecule has 1 fully saturated rings. The Balaban J connectivity index is 2.38. The molecule has 0 saturated heterocycles. The third-order valence-electron chi connectivity index (χ3n) is 3.79. The first kappa shape index (κ1) is 15.0. The smallest absolute Gasteiger partial charge is 0.241 e. The fourth-order valence-electron chi connectivity index (χ4n) is 2.42. The van der Waals surface area contributed by atoms with Crippen LogP contribution in [-0.4, -0.2) is 43.4 Å². The molecule has 0 spiro atoms. The van der Waals surface area contributed by atoms with Crippen LogP contribution in [0.5, 0.6) is 0 Å². The van der Waals surface area contributed by atoms with Crippen molar-refractivity contribution < 1.29 is 9.59 Å². The molecule has 18 heavy (non-hydrogen) atoms. The number of amides is 2. The second-order valence-corrected chi connectivity index (χ2v) is 5.48. The highest BCUT2D eigenvalue weighted by Crippen LogP contribution is 2.29. The van der Waals surface area contributed by atoms with Crippen molar-refractivity contribution in [1.29, 1.82) is 0 Å². The molecule has 0 aliphatic heterocycles. The van der Waals surface area contributed by atoms with E-state index in [0.29, 0.717) is 5.92 Å². The second kappa shape index (κ2) is 6.73. The number of hydrogen-bond acceptors (Lipinski definition) is 3. The summed E-state index contributed by atoms with van der Waals surface area (Å²) in [5, 5.41) is 2.70. The quantitative estimate of drug-likeness (QED) is 0.761. The number of rotatable bonds is 4. The molecule has 104 valence electrons. The van der Waals surface area contributed by atoms with Crippen molar-refractivity contribution in [3.8, 4) is 0 Å². The van der Waals surface area contributed by atoms with Crippen molar-refractivity contribution >= 4 is 11.8 Å². The molecule has 0 aromatic rings. The zero-order valence-corrected chi connectivity index (χ0v) is 11.6. The maximum atomic E-state index is 12.0. The Morgan fingerprint density at radius 1 is 1.39 bits per heavy atom. The van der Waals surface area contributed by atoms with Crippen molar-refractivity contribution in [1.82, 2.24) is 10.2 Å². The second-order valence-electron chi connectivity index (χ2n) is 5.48. The van der Waals surface area contributed by atoms with E-state index in [1.807, 2.05) is 6.92 Å². The van der Waals surface area contributed by atoms with Crippen LogP contribution in [0.25, 0.3) is 0 Å². The number of likely N-dealkylation sites (N-methyl/N-ethyl adjacent to an activating group) is 1. The Hall–Kier alpha value is -1.10. The van der Waals surface area contributed by atoms with E-state index in [1.54, 1.807) is 14.1 Å². The van der Waals surface area contributed by atoms with Crippen molar-refractivity contribution in [3.05, 3.63) is 0 Å². The molecule has 5 heteroatoms. The topological polar surface area (TPSA) is 75.4 Å². The van der Waals surface area contributed by atoms with Gasteiger partial charge in [-0.15, -0.1) is 0 Å². The third kappa shape index (κ3) is 4.29. The maximum Gasteiger partial charge on any atom is 0.241 e. The first-order valence-corrected chi connectivity index (χ1v) is 6.65. The Bertz CT molecular complexity index is 305. The molecule has 1 rings (SSSR count). The molecule has 3 atom stereocenters. The van der Waals surface area contributed by atoms with Gasteiger partial charge >= 0.3 is 0 Å². The van der Waals surface area contributed by atoms with Crippen LogP contribution in [0.1, 0.15) is 32.6 Å². The first-order chi connectivity index (χ1) is 8.41. The summed E-state index contributed by atoms with van der Waals surface area (Å²) in [6.07, 6.45) is 4.13. The van der Waals surface area contributed by atoms with Crippen molar-refractivity contribution in [2.75, 3.05) is 20.6 Å². The van der Waals surface area contributed by atoms with Crippen LogP contribution < -0.4 is 11.1 Å². The number of nitrogens with two attached hydrogens (primary N) is 1. The summed E-state index contributed by atoms with van der Waals surface area (Å²) < 4.78 is 0. The lowest BCUT2D eigenvalue weighted by Crippen LogP contribution is -2.42. The summed E-state index contributed by atoms with van der Waals surface area (Å²) in [5.74, 6) is 0.162. The third-order valence-corrected chi connectivity index (χ3v) is 3.79. The Kier molecular flexibility index (Phi) is 5.59. The predicted molar refractivity (Wildman–Crippen MR) is 70.8 cm³/mol. The van der Waals surface area contributed by atoms with Crippen LogP contribution in [0.15, 0.2) is 0 Å². The molecule has 1 aliphatic rings. The van der Waals surface area contributed by atoms with Gasteiger partial charge in [-0.3, -0.25) is 9.59 Å². The summed E-state index contributed by atoms with van der Waals surface area (Å²) in [6, 6.07) is 0.224. The van der Waals surface area contributed by atoms with E-state index < -0.39 is 0 Å². The largest absolute Gasteiger partial charge is 0.347 e. The molecular formula is C13H25N3O2. The van der Waals surface area contributed by atoms with Gasteiger partial charge in [0.15, 0.2) is 0 Å². The number of nitrogens with zero attached hydrogens (tertiary/aromatic N) is 1. The van der Waals surface area contributed by atoms with E-state index >= 15 is 0 Å². The van der Waals surface area contributed by atoms with Gasteiger partial charge in [0.2, 0.25) is 11.8 Å². The van der Waals surface area contributed by atoms with Gasteiger partial charge in [0.1, 0.15) is 0 Å². The molecule has 0 aromatic heterocycles. The van der Waals surface area contributed by atoms with Crippen LogP contribution in [0.3, 0.4) is 0 Å². The predicted octanol–water partition coefficient (Wildman–Crippen LogP) is 0.344. The number of hydrogen-bond donors (Lipinski definition) is 2. The van der Waals surface area contributed by atoms with Crippen LogP contribution in [0, 0.1) is 11.8 Å². The minimum atomic E-state index is -0.0871. The van der Waals surface area contributed by atoms with Gasteiger partial charge in [0, 0.05) is 26.1 Å². The minimum absolute atomic E-state index is 0.0377. The monoisotopic (exact) mass is 255 g/mol. The Morgan fingerprint density at radius 3 is 2.61 bits per heavy atom. The molecular weight excluding hydrogens is 230 g/mol. The molecule has 1 saturated carbocycles. The highest BCUT2D eigenvalue weighted by atomic mass is 16.2. The van der Waals surface area contributed by atoms with Crippen LogP contribution >= 0.6 is 0 Å². The lowest BCUT2D eigenvalue weighted by molar-refractivity contribution is -0.132. The van der Waals surface area contributed by atoms with Crippen LogP contribution in [0.4, 0.5) is 0 Å². The molecule has 0 radical (unpaired) electrons. The summed E-state index contributed by atoms with van der Waals surface area (Å²) in [4.78, 5) is 24.8. The van der Waals surface area contributed by atoms with Gasteiger partial charge in [-0.1, -0.05) is 13.3 Å². The van der Waals surface area contributed by atoms with E-state index in [0.717, 1.165) is 25.7 Å². The SMILES string of the molecule is CC(C(=O)NCC(=O)N(C)C)C1CCCC(N)C1. The fraction of sp³-hybridized carbons (Fsp3) is 0.846. The van der Waals surface area contributed by atoms with Gasteiger partial charge in [-0.2, -0.15) is 0 Å². The molecule has 2 amide bonds. The van der Waals surface area contributed by atoms with E-state index in [-0.39, 0.29) is 30.3 Å². The van der Waals surface area contributed by atoms with Gasteiger partial charge in [-0.05, 0) is 25.2 Å². The molecule has 0 bridgehead atoms. The molecule has 1 aliphatic carbocycles. The van der Waals surface area contributed by atoms with Crippen molar-refractivity contribution in [2.45, 2.75) is 38.6 Å². The minimum Gasteiger partial charge on any atom is -0.347 e. The summed E-state index contributed by atoms with van der Waals surface area (Å²) >= 11 is 0. The standard InChI is InChI=1S/C13H25N3O2/c1-9(10-5-4-6-11(14)7-10)13(18)15-8-12(17)16(2)3/h9-11H,4-8,14H2,1-3H3,(H,15,18). The average Bonchev–Trinajstić information content (AvgIpc) is 2.34. The van der Waals surface area contributed by atoms with Crippen molar-refractivity contribution in [2.24, 2.45) is 17.6 Å². The zero-order valence-electron chi connectivity index (χ0n) is 11.6. The van der Waals surface area contributed by atoms with Crippen molar-refractivity contribution in [3.63, 3.8) is 0 Å². The highest BCUT2D eigenvalue weighted by Gasteiger charge is 2.28. The van der Waals surface area contributed by atoms with E-state index in [2.05, 4.69) is 5.32 Å². The number of carbonyl (C=O) groups is 2. The molecule has 3 N–H and O–H groups in total. The molecule has 3 unspecified atom stereocenters. The van der Waals surface area contributed by atoms with Gasteiger partial charge in [0.25, 0.3) is 0 Å². The lowest BCUT2D eigenvalue weighted by atomic mass is 9.78. The highest BCUT2D eigenvalue weighted by molar-refractivity contribution is 5.85. The normalized spacial score (nSPS) is 25.3. The maximum absolute atomic E-state index is 12.0. The molecule has 5 nitrogen and oxygen atoms in total. The van der Waals surface area contributed by atoms with E-state index in [9.17, 15) is 9.59 Å². The van der Waals surface area contributed by atoms with Gasteiger partial charge in [0.05, 0.1) is 6.54 Å². The molecule has 0 aromatic carbocycles. The summed E-state index contributed by atoms with van der Waals surface area (Å²) in [6.45, 7) is 2.01. The number of nitrogens with one attached hydrogen (secondary N) is 1.